The van der Waals surface area contributed by atoms with Crippen LogP contribution in [0.5, 0.6) is 0 Å². The molecule has 0 aromatic heterocycles. The lowest BCUT2D eigenvalue weighted by molar-refractivity contribution is 0.0693. The summed E-state index contributed by atoms with van der Waals surface area (Å²) in [5.74, 6) is -0.939. The van der Waals surface area contributed by atoms with Crippen molar-refractivity contribution in [3.63, 3.8) is 0 Å². The standard InChI is InChI=1S/C15H25Br.C7H6O2S/c1-13(2)7-5-8-14(3)9-6-10-15(4)11-12-16;8-7(9)5-3-1-2-4-6(5)10/h7,9,11H,5-6,8,10,12H2,1-4H3;1-4,10H,(H,8,9). The zero-order chi connectivity index (χ0) is 19.9. The Balaban J connectivity index is 0.000000531. The van der Waals surface area contributed by atoms with Gasteiger partial charge in [0, 0.05) is 10.2 Å². The van der Waals surface area contributed by atoms with E-state index in [-0.39, 0.29) is 5.56 Å². The van der Waals surface area contributed by atoms with Crippen molar-refractivity contribution < 1.29 is 9.90 Å². The number of rotatable bonds is 8. The Labute approximate surface area is 172 Å². The molecule has 0 spiro atoms. The molecule has 1 aromatic rings. The molecule has 0 atom stereocenters. The number of thiol groups is 1. The van der Waals surface area contributed by atoms with E-state index in [4.69, 9.17) is 5.11 Å². The first-order valence-electron chi connectivity index (χ1n) is 8.79. The summed E-state index contributed by atoms with van der Waals surface area (Å²) in [6.07, 6.45) is 11.7. The van der Waals surface area contributed by atoms with E-state index in [0.717, 1.165) is 5.33 Å². The van der Waals surface area contributed by atoms with Crippen LogP contribution in [-0.2, 0) is 0 Å². The molecule has 144 valence electrons. The molecule has 0 saturated carbocycles. The van der Waals surface area contributed by atoms with Crippen LogP contribution < -0.4 is 0 Å². The molecule has 1 aromatic carbocycles. The summed E-state index contributed by atoms with van der Waals surface area (Å²) in [4.78, 5) is 10.9. The van der Waals surface area contributed by atoms with Gasteiger partial charge in [0.15, 0.2) is 0 Å². The van der Waals surface area contributed by atoms with Crippen LogP contribution in [0, 0.1) is 0 Å². The maximum Gasteiger partial charge on any atom is 0.336 e. The van der Waals surface area contributed by atoms with E-state index < -0.39 is 5.97 Å². The summed E-state index contributed by atoms with van der Waals surface area (Å²) in [7, 11) is 0. The minimum atomic E-state index is -0.939. The number of carbonyl (C=O) groups is 1. The van der Waals surface area contributed by atoms with Gasteiger partial charge in [-0.25, -0.2) is 4.79 Å². The molecule has 0 heterocycles. The first kappa shape index (κ1) is 24.7. The van der Waals surface area contributed by atoms with Crippen LogP contribution in [0.4, 0.5) is 0 Å². The van der Waals surface area contributed by atoms with Gasteiger partial charge in [0.2, 0.25) is 0 Å². The first-order chi connectivity index (χ1) is 12.3. The Morgan fingerprint density at radius 2 is 1.54 bits per heavy atom. The van der Waals surface area contributed by atoms with E-state index in [9.17, 15) is 4.79 Å². The highest BCUT2D eigenvalue weighted by Gasteiger charge is 2.03. The second-order valence-corrected chi connectivity index (χ2v) is 7.57. The van der Waals surface area contributed by atoms with Crippen molar-refractivity contribution in [3.8, 4) is 0 Å². The lowest BCUT2D eigenvalue weighted by Crippen LogP contribution is -1.96. The quantitative estimate of drug-likeness (QED) is 0.250. The molecule has 26 heavy (non-hydrogen) atoms. The van der Waals surface area contributed by atoms with Crippen LogP contribution in [-0.4, -0.2) is 16.4 Å². The number of aromatic carboxylic acids is 1. The highest BCUT2D eigenvalue weighted by atomic mass is 79.9. The predicted octanol–water partition coefficient (Wildman–Crippen LogP) is 7.47. The highest BCUT2D eigenvalue weighted by molar-refractivity contribution is 9.09. The van der Waals surface area contributed by atoms with Gasteiger partial charge >= 0.3 is 5.97 Å². The van der Waals surface area contributed by atoms with Gasteiger partial charge in [-0.1, -0.05) is 63.0 Å². The molecular weight excluding hydrogens is 408 g/mol. The molecule has 0 unspecified atom stereocenters. The molecule has 4 heteroatoms. The summed E-state index contributed by atoms with van der Waals surface area (Å²) < 4.78 is 0. The third kappa shape index (κ3) is 13.0. The van der Waals surface area contributed by atoms with Crippen molar-refractivity contribution in [3.05, 3.63) is 64.8 Å². The number of hydrogen-bond acceptors (Lipinski definition) is 2. The molecule has 1 rings (SSSR count). The van der Waals surface area contributed by atoms with Crippen molar-refractivity contribution in [2.75, 3.05) is 5.33 Å². The molecule has 0 aliphatic heterocycles. The zero-order valence-electron chi connectivity index (χ0n) is 16.3. The smallest absolute Gasteiger partial charge is 0.336 e. The third-order valence-electron chi connectivity index (χ3n) is 3.68. The molecule has 0 aliphatic carbocycles. The Hall–Kier alpha value is -1.26. The summed E-state index contributed by atoms with van der Waals surface area (Å²) in [6, 6.07) is 6.58. The normalized spacial score (nSPS) is 11.5. The maximum absolute atomic E-state index is 10.4. The van der Waals surface area contributed by atoms with E-state index in [1.807, 2.05) is 0 Å². The van der Waals surface area contributed by atoms with Gasteiger partial charge < -0.3 is 5.11 Å². The van der Waals surface area contributed by atoms with E-state index in [1.165, 1.54) is 48.5 Å². The Kier molecular flexibility index (Phi) is 14.1. The molecule has 2 nitrogen and oxygen atoms in total. The molecule has 0 aliphatic rings. The van der Waals surface area contributed by atoms with E-state index in [1.54, 1.807) is 18.2 Å². The Bertz CT molecular complexity index is 641. The van der Waals surface area contributed by atoms with Crippen molar-refractivity contribution >= 4 is 34.5 Å². The SMILES string of the molecule is CC(C)=CCCC(C)=CCCC(C)=CCBr.O=C(O)c1ccccc1S. The minimum absolute atomic E-state index is 0.242. The zero-order valence-corrected chi connectivity index (χ0v) is 18.7. The van der Waals surface area contributed by atoms with Gasteiger partial charge in [0.05, 0.1) is 5.56 Å². The molecule has 0 fully saturated rings. The van der Waals surface area contributed by atoms with Crippen molar-refractivity contribution in [2.45, 2.75) is 58.3 Å². The van der Waals surface area contributed by atoms with Gasteiger partial charge in [-0.2, -0.15) is 0 Å². The lowest BCUT2D eigenvalue weighted by Gasteiger charge is -2.00. The Morgan fingerprint density at radius 1 is 1.00 bits per heavy atom. The van der Waals surface area contributed by atoms with Gasteiger partial charge in [0.25, 0.3) is 0 Å². The number of alkyl halides is 1. The molecule has 0 radical (unpaired) electrons. The van der Waals surface area contributed by atoms with E-state index >= 15 is 0 Å². The van der Waals surface area contributed by atoms with Crippen LogP contribution in [0.15, 0.2) is 64.1 Å². The second-order valence-electron chi connectivity index (χ2n) is 6.44. The fourth-order valence-electron chi connectivity index (χ4n) is 2.13. The Morgan fingerprint density at radius 3 is 2.00 bits per heavy atom. The predicted molar refractivity (Wildman–Crippen MR) is 120 cm³/mol. The largest absolute Gasteiger partial charge is 0.478 e. The van der Waals surface area contributed by atoms with Crippen LogP contribution in [0.2, 0.25) is 0 Å². The topological polar surface area (TPSA) is 37.3 Å². The number of hydrogen-bond donors (Lipinski definition) is 2. The van der Waals surface area contributed by atoms with Gasteiger partial charge in [0.1, 0.15) is 0 Å². The lowest BCUT2D eigenvalue weighted by atomic mass is 10.1. The summed E-state index contributed by atoms with van der Waals surface area (Å²) >= 11 is 7.38. The number of allylic oxidation sites excluding steroid dienone is 6. The first-order valence-corrected chi connectivity index (χ1v) is 10.4. The monoisotopic (exact) mass is 438 g/mol. The fraction of sp³-hybridized carbons (Fsp3) is 0.409. The van der Waals surface area contributed by atoms with Crippen LogP contribution in [0.3, 0.4) is 0 Å². The number of halogens is 1. The van der Waals surface area contributed by atoms with Crippen molar-refractivity contribution in [1.29, 1.82) is 0 Å². The van der Waals surface area contributed by atoms with Crippen molar-refractivity contribution in [1.82, 2.24) is 0 Å². The second kappa shape index (κ2) is 14.9. The van der Waals surface area contributed by atoms with E-state index in [2.05, 4.69) is 74.5 Å². The third-order valence-corrected chi connectivity index (χ3v) is 4.40. The average Bonchev–Trinajstić information content (AvgIpc) is 2.55. The average molecular weight is 439 g/mol. The van der Waals surface area contributed by atoms with Crippen LogP contribution >= 0.6 is 28.6 Å². The van der Waals surface area contributed by atoms with Crippen molar-refractivity contribution in [2.24, 2.45) is 0 Å². The molecule has 0 bridgehead atoms. The molecule has 0 saturated heterocycles. The van der Waals surface area contributed by atoms with Gasteiger partial charge in [-0.05, 0) is 65.5 Å². The molecule has 0 amide bonds. The maximum atomic E-state index is 10.4. The van der Waals surface area contributed by atoms with E-state index in [0.29, 0.717) is 4.90 Å². The molecule has 1 N–H and O–H groups in total. The number of carboxylic acids is 1. The molecular formula is C22H31BrO2S. The summed E-state index contributed by atoms with van der Waals surface area (Å²) in [5.41, 5.74) is 4.66. The highest BCUT2D eigenvalue weighted by Crippen LogP contribution is 2.12. The van der Waals surface area contributed by atoms with Gasteiger partial charge in [-0.15, -0.1) is 12.6 Å². The number of benzene rings is 1. The number of carboxylic acid groups (broad SMARTS) is 1. The fourth-order valence-corrected chi connectivity index (χ4v) is 2.93. The minimum Gasteiger partial charge on any atom is -0.478 e. The van der Waals surface area contributed by atoms with Gasteiger partial charge in [-0.3, -0.25) is 0 Å². The van der Waals surface area contributed by atoms with Crippen LogP contribution in [0.1, 0.15) is 63.7 Å². The summed E-state index contributed by atoms with van der Waals surface area (Å²) in [6.45, 7) is 8.76. The van der Waals surface area contributed by atoms with Crippen LogP contribution in [0.25, 0.3) is 0 Å². The summed E-state index contributed by atoms with van der Waals surface area (Å²) in [5, 5.41) is 9.49.